The number of esters is 1. The van der Waals surface area contributed by atoms with Gasteiger partial charge in [-0.1, -0.05) is 12.1 Å². The Morgan fingerprint density at radius 3 is 1.83 bits per heavy atom. The molecule has 41 heavy (non-hydrogen) atoms. The van der Waals surface area contributed by atoms with Crippen LogP contribution in [0.25, 0.3) is 11.3 Å². The minimum absolute atomic E-state index is 0.0617. The van der Waals surface area contributed by atoms with Crippen molar-refractivity contribution in [1.82, 2.24) is 18.8 Å². The Bertz CT molecular complexity index is 1920. The zero-order valence-corrected chi connectivity index (χ0v) is 25.4. The van der Waals surface area contributed by atoms with Gasteiger partial charge in [0.05, 0.1) is 7.11 Å². The van der Waals surface area contributed by atoms with E-state index in [-0.39, 0.29) is 29.3 Å². The van der Waals surface area contributed by atoms with Crippen LogP contribution in [-0.2, 0) is 11.2 Å². The number of rotatable bonds is 5. The van der Waals surface area contributed by atoms with Crippen LogP contribution in [0.3, 0.4) is 0 Å². The number of hydrogen-bond acceptors (Lipinski definition) is 9. The van der Waals surface area contributed by atoms with Gasteiger partial charge in [0.15, 0.2) is 17.2 Å². The Morgan fingerprint density at radius 1 is 0.829 bits per heavy atom. The number of nitrogens with zero attached hydrogens (tertiary/aromatic N) is 4. The van der Waals surface area contributed by atoms with E-state index in [1.165, 1.54) is 33.3 Å². The minimum atomic E-state index is -0.847. The first kappa shape index (κ1) is 30.0. The molecular weight excluding hydrogens is 765 g/mol. The van der Waals surface area contributed by atoms with Crippen LogP contribution in [0.2, 0.25) is 0 Å². The first-order chi connectivity index (χ1) is 19.5. The summed E-state index contributed by atoms with van der Waals surface area (Å²) in [5.41, 5.74) is -0.632. The Hall–Kier alpha value is -3.93. The number of halogens is 3. The predicted molar refractivity (Wildman–Crippen MR) is 162 cm³/mol. The Labute approximate surface area is 257 Å². The third-order valence-corrected chi connectivity index (χ3v) is 7.00. The lowest BCUT2D eigenvalue weighted by Gasteiger charge is -2.07. The highest BCUT2D eigenvalue weighted by molar-refractivity contribution is 14.1. The number of ketones is 1. The van der Waals surface area contributed by atoms with Gasteiger partial charge in [0, 0.05) is 26.0 Å². The number of carbonyl (C=O) groups is 2. The number of aryl methyl sites for hydroxylation is 1. The monoisotopic (exact) mass is 784 g/mol. The van der Waals surface area contributed by atoms with Crippen LogP contribution in [-0.4, -0.2) is 47.8 Å². The number of aromatic hydroxyl groups is 2. The van der Waals surface area contributed by atoms with Crippen LogP contribution >= 0.6 is 45.2 Å². The third-order valence-electron chi connectivity index (χ3n) is 5.72. The van der Waals surface area contributed by atoms with E-state index in [2.05, 4.69) is 14.7 Å². The number of hydrogen-bond donors (Lipinski definition) is 2. The van der Waals surface area contributed by atoms with Crippen molar-refractivity contribution in [3.8, 4) is 11.5 Å². The zero-order chi connectivity index (χ0) is 29.8. The van der Waals surface area contributed by atoms with Crippen molar-refractivity contribution in [2.45, 2.75) is 12.8 Å². The summed E-state index contributed by atoms with van der Waals surface area (Å²) in [7, 11) is 1.15. The summed E-state index contributed by atoms with van der Waals surface area (Å²) in [6, 6.07) is 12.5. The van der Waals surface area contributed by atoms with Gasteiger partial charge in [0.2, 0.25) is 11.5 Å². The highest BCUT2D eigenvalue weighted by Crippen LogP contribution is 2.16. The quantitative estimate of drug-likeness (QED) is 0.154. The van der Waals surface area contributed by atoms with Crippen LogP contribution in [0.5, 0.6) is 11.5 Å². The number of ether oxygens (including phenoxy) is 1. The molecule has 11 nitrogen and oxygen atoms in total. The standard InChI is InChI=1S/C17H12FIN2O3.C10H7IN2O4/c18-11-4-1-10(2-5-11)3-7-13(22)15-16(23)17(24)21-9-12(19)6-8-14(21)20-15;1-17-10(16)7-8(14)9(15)13-4-5(11)2-3-6(13)12-7/h1-2,4-6,8-9,23H,3,7H2;2-4,14H,1H3. The Balaban J connectivity index is 0.000000201. The molecule has 0 unspecified atom stereocenters. The van der Waals surface area contributed by atoms with Crippen LogP contribution in [0, 0.1) is 13.0 Å². The van der Waals surface area contributed by atoms with Gasteiger partial charge in [-0.05, 0) is 93.6 Å². The minimum Gasteiger partial charge on any atom is -0.501 e. The zero-order valence-electron chi connectivity index (χ0n) is 21.0. The summed E-state index contributed by atoms with van der Waals surface area (Å²) >= 11 is 4.06. The van der Waals surface area contributed by atoms with Gasteiger partial charge in [0.25, 0.3) is 0 Å². The molecule has 1 aromatic carbocycles. The van der Waals surface area contributed by atoms with E-state index < -0.39 is 34.4 Å². The summed E-state index contributed by atoms with van der Waals surface area (Å²) in [6.07, 6.45) is 3.49. The molecule has 0 saturated heterocycles. The molecule has 0 bridgehead atoms. The molecule has 5 rings (SSSR count). The van der Waals surface area contributed by atoms with Gasteiger partial charge >= 0.3 is 17.1 Å². The van der Waals surface area contributed by atoms with E-state index in [0.717, 1.165) is 19.8 Å². The molecule has 0 fully saturated rings. The van der Waals surface area contributed by atoms with Crippen LogP contribution < -0.4 is 11.1 Å². The molecule has 210 valence electrons. The van der Waals surface area contributed by atoms with Crippen LogP contribution in [0.15, 0.2) is 70.5 Å². The largest absolute Gasteiger partial charge is 0.501 e. The van der Waals surface area contributed by atoms with Crippen molar-refractivity contribution in [3.05, 3.63) is 112 Å². The van der Waals surface area contributed by atoms with Crippen LogP contribution in [0.4, 0.5) is 4.39 Å². The predicted octanol–water partition coefficient (Wildman–Crippen LogP) is 3.75. The van der Waals surface area contributed by atoms with Crippen molar-refractivity contribution in [3.63, 3.8) is 0 Å². The molecule has 2 N–H and O–H groups in total. The molecule has 0 atom stereocenters. The second kappa shape index (κ2) is 12.7. The second-order valence-electron chi connectivity index (χ2n) is 8.42. The molecule has 0 aliphatic heterocycles. The van der Waals surface area contributed by atoms with E-state index in [9.17, 15) is 33.8 Å². The van der Waals surface area contributed by atoms with Gasteiger partial charge in [-0.3, -0.25) is 23.2 Å². The molecule has 4 heterocycles. The number of pyridine rings is 2. The first-order valence-corrected chi connectivity index (χ1v) is 13.8. The fourth-order valence-corrected chi connectivity index (χ4v) is 4.58. The van der Waals surface area contributed by atoms with Crippen molar-refractivity contribution in [2.24, 2.45) is 0 Å². The second-order valence-corrected chi connectivity index (χ2v) is 10.9. The maximum absolute atomic E-state index is 12.9. The van der Waals surface area contributed by atoms with Gasteiger partial charge in [-0.25, -0.2) is 19.2 Å². The average Bonchev–Trinajstić information content (AvgIpc) is 2.96. The molecule has 0 saturated carbocycles. The third kappa shape index (κ3) is 6.70. The summed E-state index contributed by atoms with van der Waals surface area (Å²) in [5.74, 6) is -2.99. The maximum Gasteiger partial charge on any atom is 0.360 e. The van der Waals surface area contributed by atoms with Crippen molar-refractivity contribution < 1.29 is 28.9 Å². The molecule has 0 aliphatic rings. The van der Waals surface area contributed by atoms with Crippen molar-refractivity contribution in [2.75, 3.05) is 7.11 Å². The first-order valence-electron chi connectivity index (χ1n) is 11.7. The lowest BCUT2D eigenvalue weighted by molar-refractivity contribution is 0.0590. The van der Waals surface area contributed by atoms with E-state index >= 15 is 0 Å². The highest BCUT2D eigenvalue weighted by atomic mass is 127. The van der Waals surface area contributed by atoms with E-state index in [0.29, 0.717) is 12.1 Å². The lowest BCUT2D eigenvalue weighted by Crippen LogP contribution is -2.19. The lowest BCUT2D eigenvalue weighted by atomic mass is 10.1. The molecule has 0 radical (unpaired) electrons. The number of Topliss-reactive ketones (excluding diaryl/α,β-unsaturated/α-hetero) is 1. The topological polar surface area (TPSA) is 153 Å². The van der Waals surface area contributed by atoms with Gasteiger partial charge in [0.1, 0.15) is 17.1 Å². The average molecular weight is 784 g/mol. The molecule has 0 aliphatic carbocycles. The fraction of sp³-hybridized carbons (Fsp3) is 0.111. The number of aromatic nitrogens is 4. The number of benzene rings is 1. The highest BCUT2D eigenvalue weighted by Gasteiger charge is 2.20. The fourth-order valence-electron chi connectivity index (χ4n) is 3.67. The van der Waals surface area contributed by atoms with Crippen molar-refractivity contribution >= 4 is 68.2 Å². The van der Waals surface area contributed by atoms with Gasteiger partial charge in [-0.15, -0.1) is 0 Å². The SMILES string of the molecule is COC(=O)c1nc2ccc(I)cn2c(=O)c1O.O=C(CCc1ccc(F)cc1)c1nc2ccc(I)cn2c(=O)c1O. The summed E-state index contributed by atoms with van der Waals surface area (Å²) in [4.78, 5) is 55.6. The Morgan fingerprint density at radius 2 is 1.32 bits per heavy atom. The molecule has 0 spiro atoms. The molecular formula is C27H19FI2N4O7. The normalized spacial score (nSPS) is 10.7. The smallest absolute Gasteiger partial charge is 0.360 e. The Kier molecular flexibility index (Phi) is 9.31. The summed E-state index contributed by atoms with van der Waals surface area (Å²) < 4.78 is 21.3. The van der Waals surface area contributed by atoms with Gasteiger partial charge in [-0.2, -0.15) is 0 Å². The molecule has 4 aromatic heterocycles. The van der Waals surface area contributed by atoms with E-state index in [4.69, 9.17) is 0 Å². The number of fused-ring (bicyclic) bond motifs is 2. The summed E-state index contributed by atoms with van der Waals surface area (Å²) in [6.45, 7) is 0. The molecule has 0 amide bonds. The number of methoxy groups -OCH3 is 1. The van der Waals surface area contributed by atoms with E-state index in [1.807, 2.05) is 45.2 Å². The van der Waals surface area contributed by atoms with E-state index in [1.54, 1.807) is 36.4 Å². The molecule has 14 heteroatoms. The maximum atomic E-state index is 12.9. The van der Waals surface area contributed by atoms with Gasteiger partial charge < -0.3 is 14.9 Å². The summed E-state index contributed by atoms with van der Waals surface area (Å²) in [5, 5.41) is 19.6. The van der Waals surface area contributed by atoms with Crippen LogP contribution in [0.1, 0.15) is 33.0 Å². The number of carbonyl (C=O) groups excluding carboxylic acids is 2. The molecule has 5 aromatic rings. The van der Waals surface area contributed by atoms with Crippen molar-refractivity contribution in [1.29, 1.82) is 0 Å².